The van der Waals surface area contributed by atoms with E-state index in [1.165, 1.54) is 5.56 Å². The SMILES string of the molecule is CCCc1ccc(N2CC(C(=O)N3CC[C@@H](N)C3)CC2=O)cc1.Cl. The molecule has 0 spiro atoms. The average Bonchev–Trinajstić information content (AvgIpc) is 3.14. The Hall–Kier alpha value is -1.59. The van der Waals surface area contributed by atoms with Crippen LogP contribution < -0.4 is 10.6 Å². The predicted octanol–water partition coefficient (Wildman–Crippen LogP) is 1.97. The number of rotatable bonds is 4. The van der Waals surface area contributed by atoms with E-state index in [0.29, 0.717) is 19.5 Å². The minimum Gasteiger partial charge on any atom is -0.341 e. The molecule has 2 amide bonds. The van der Waals surface area contributed by atoms with Gasteiger partial charge in [0.25, 0.3) is 0 Å². The summed E-state index contributed by atoms with van der Waals surface area (Å²) in [4.78, 5) is 28.4. The Balaban J connectivity index is 0.00000208. The first-order valence-corrected chi connectivity index (χ1v) is 8.52. The largest absolute Gasteiger partial charge is 0.341 e. The summed E-state index contributed by atoms with van der Waals surface area (Å²) in [5, 5.41) is 0. The Kier molecular flexibility index (Phi) is 6.24. The van der Waals surface area contributed by atoms with Crippen molar-refractivity contribution in [3.05, 3.63) is 29.8 Å². The van der Waals surface area contributed by atoms with E-state index >= 15 is 0 Å². The summed E-state index contributed by atoms with van der Waals surface area (Å²) < 4.78 is 0. The topological polar surface area (TPSA) is 66.6 Å². The average molecular weight is 352 g/mol. The molecule has 2 fully saturated rings. The number of amides is 2. The van der Waals surface area contributed by atoms with Gasteiger partial charge in [-0.25, -0.2) is 0 Å². The highest BCUT2D eigenvalue weighted by atomic mass is 35.5. The molecule has 0 aliphatic carbocycles. The van der Waals surface area contributed by atoms with Crippen LogP contribution in [0.3, 0.4) is 0 Å². The molecule has 0 saturated carbocycles. The van der Waals surface area contributed by atoms with Gasteiger partial charge in [0.2, 0.25) is 11.8 Å². The molecule has 1 unspecified atom stereocenters. The molecule has 1 aromatic rings. The number of hydrogen-bond acceptors (Lipinski definition) is 3. The first-order chi connectivity index (χ1) is 11.1. The van der Waals surface area contributed by atoms with Crippen LogP contribution in [0, 0.1) is 5.92 Å². The zero-order chi connectivity index (χ0) is 16.4. The molecule has 2 atom stereocenters. The molecule has 6 heteroatoms. The number of likely N-dealkylation sites (tertiary alicyclic amines) is 1. The van der Waals surface area contributed by atoms with E-state index in [4.69, 9.17) is 5.73 Å². The molecular weight excluding hydrogens is 326 g/mol. The smallest absolute Gasteiger partial charge is 0.228 e. The van der Waals surface area contributed by atoms with Crippen molar-refractivity contribution in [2.45, 2.75) is 38.6 Å². The highest BCUT2D eigenvalue weighted by Gasteiger charge is 2.38. The van der Waals surface area contributed by atoms with Crippen LogP contribution in [0.5, 0.6) is 0 Å². The Morgan fingerprint density at radius 3 is 2.54 bits per heavy atom. The summed E-state index contributed by atoms with van der Waals surface area (Å²) in [5.74, 6) is -0.116. The second kappa shape index (κ2) is 7.99. The van der Waals surface area contributed by atoms with Crippen LogP contribution >= 0.6 is 12.4 Å². The van der Waals surface area contributed by atoms with Crippen LogP contribution in [-0.4, -0.2) is 42.4 Å². The van der Waals surface area contributed by atoms with Crippen molar-refractivity contribution < 1.29 is 9.59 Å². The highest BCUT2D eigenvalue weighted by molar-refractivity contribution is 6.00. The van der Waals surface area contributed by atoms with Crippen LogP contribution in [0.15, 0.2) is 24.3 Å². The Labute approximate surface area is 149 Å². The normalized spacial score (nSPS) is 23.5. The van der Waals surface area contributed by atoms with Crippen LogP contribution in [0.4, 0.5) is 5.69 Å². The molecule has 5 nitrogen and oxygen atoms in total. The number of anilines is 1. The second-order valence-electron chi connectivity index (χ2n) is 6.65. The molecule has 2 heterocycles. The number of nitrogens with zero attached hydrogens (tertiary/aromatic N) is 2. The van der Waals surface area contributed by atoms with E-state index in [1.807, 2.05) is 17.0 Å². The first kappa shape index (κ1) is 18.7. The lowest BCUT2D eigenvalue weighted by molar-refractivity contribution is -0.134. The van der Waals surface area contributed by atoms with Gasteiger partial charge in [-0.3, -0.25) is 9.59 Å². The number of carbonyl (C=O) groups is 2. The van der Waals surface area contributed by atoms with Crippen LogP contribution in [0.2, 0.25) is 0 Å². The van der Waals surface area contributed by atoms with E-state index < -0.39 is 0 Å². The molecule has 3 rings (SSSR count). The quantitative estimate of drug-likeness (QED) is 0.901. The van der Waals surface area contributed by atoms with E-state index in [2.05, 4.69) is 19.1 Å². The van der Waals surface area contributed by atoms with Gasteiger partial charge in [-0.2, -0.15) is 0 Å². The number of nitrogens with two attached hydrogens (primary N) is 1. The van der Waals surface area contributed by atoms with E-state index in [9.17, 15) is 9.59 Å². The maximum absolute atomic E-state index is 12.5. The van der Waals surface area contributed by atoms with E-state index in [1.54, 1.807) is 4.90 Å². The fraction of sp³-hybridized carbons (Fsp3) is 0.556. The fourth-order valence-corrected chi connectivity index (χ4v) is 3.50. The van der Waals surface area contributed by atoms with Gasteiger partial charge in [0.15, 0.2) is 0 Å². The number of hydrogen-bond donors (Lipinski definition) is 1. The van der Waals surface area contributed by atoms with Crippen molar-refractivity contribution in [3.63, 3.8) is 0 Å². The summed E-state index contributed by atoms with van der Waals surface area (Å²) >= 11 is 0. The first-order valence-electron chi connectivity index (χ1n) is 8.52. The lowest BCUT2D eigenvalue weighted by atomic mass is 10.1. The van der Waals surface area contributed by atoms with Gasteiger partial charge >= 0.3 is 0 Å². The summed E-state index contributed by atoms with van der Waals surface area (Å²) in [5.41, 5.74) is 8.05. The van der Waals surface area contributed by atoms with Crippen LogP contribution in [0.25, 0.3) is 0 Å². The monoisotopic (exact) mass is 351 g/mol. The van der Waals surface area contributed by atoms with Gasteiger partial charge in [-0.1, -0.05) is 25.5 Å². The molecule has 0 bridgehead atoms. The lowest BCUT2D eigenvalue weighted by Crippen LogP contribution is -2.37. The van der Waals surface area contributed by atoms with Gasteiger partial charge in [-0.05, 0) is 30.5 Å². The molecule has 24 heavy (non-hydrogen) atoms. The summed E-state index contributed by atoms with van der Waals surface area (Å²) in [6.45, 7) is 3.97. The van der Waals surface area contributed by atoms with Crippen molar-refractivity contribution in [2.24, 2.45) is 11.7 Å². The fourth-order valence-electron chi connectivity index (χ4n) is 3.50. The second-order valence-corrected chi connectivity index (χ2v) is 6.65. The van der Waals surface area contributed by atoms with E-state index in [-0.39, 0.29) is 36.2 Å². The zero-order valence-electron chi connectivity index (χ0n) is 14.1. The molecule has 0 radical (unpaired) electrons. The predicted molar refractivity (Wildman–Crippen MR) is 97.3 cm³/mol. The maximum Gasteiger partial charge on any atom is 0.228 e. The zero-order valence-corrected chi connectivity index (χ0v) is 14.9. The highest BCUT2D eigenvalue weighted by Crippen LogP contribution is 2.27. The van der Waals surface area contributed by atoms with Gasteiger partial charge in [0.05, 0.1) is 5.92 Å². The molecule has 0 aromatic heterocycles. The standard InChI is InChI=1S/C18H25N3O2.ClH/c1-2-3-13-4-6-16(7-5-13)21-11-14(10-17(21)22)18(23)20-9-8-15(19)12-20;/h4-7,14-15H,2-3,8-12,19H2,1H3;1H/t14?,15-;/m1./s1. The third-order valence-electron chi connectivity index (χ3n) is 4.80. The van der Waals surface area contributed by atoms with Crippen LogP contribution in [-0.2, 0) is 16.0 Å². The van der Waals surface area contributed by atoms with Crippen molar-refractivity contribution in [3.8, 4) is 0 Å². The summed E-state index contributed by atoms with van der Waals surface area (Å²) in [6, 6.07) is 8.20. The third kappa shape index (κ3) is 3.90. The van der Waals surface area contributed by atoms with Crippen molar-refractivity contribution in [1.82, 2.24) is 4.90 Å². The van der Waals surface area contributed by atoms with E-state index in [0.717, 1.165) is 31.5 Å². The Morgan fingerprint density at radius 2 is 1.96 bits per heavy atom. The van der Waals surface area contributed by atoms with Crippen molar-refractivity contribution >= 4 is 29.9 Å². The summed E-state index contributed by atoms with van der Waals surface area (Å²) in [7, 11) is 0. The molecular formula is C18H26ClN3O2. The lowest BCUT2D eigenvalue weighted by Gasteiger charge is -2.21. The Bertz CT molecular complexity index is 590. The number of aryl methyl sites for hydroxylation is 1. The molecule has 2 aliphatic heterocycles. The minimum atomic E-state index is -0.233. The van der Waals surface area contributed by atoms with Crippen molar-refractivity contribution in [2.75, 3.05) is 24.5 Å². The molecule has 2 saturated heterocycles. The molecule has 132 valence electrons. The summed E-state index contributed by atoms with van der Waals surface area (Å²) in [6.07, 6.45) is 3.32. The van der Waals surface area contributed by atoms with Gasteiger partial charge in [0, 0.05) is 37.8 Å². The van der Waals surface area contributed by atoms with Gasteiger partial charge in [-0.15, -0.1) is 12.4 Å². The maximum atomic E-state index is 12.5. The van der Waals surface area contributed by atoms with Gasteiger partial charge < -0.3 is 15.5 Å². The van der Waals surface area contributed by atoms with Crippen molar-refractivity contribution in [1.29, 1.82) is 0 Å². The molecule has 2 N–H and O–H groups in total. The van der Waals surface area contributed by atoms with Gasteiger partial charge in [0.1, 0.15) is 0 Å². The number of carbonyl (C=O) groups excluding carboxylic acids is 2. The molecule has 2 aliphatic rings. The number of halogens is 1. The van der Waals surface area contributed by atoms with Crippen LogP contribution in [0.1, 0.15) is 31.7 Å². The minimum absolute atomic E-state index is 0. The number of benzene rings is 1. The third-order valence-corrected chi connectivity index (χ3v) is 4.80. The Morgan fingerprint density at radius 1 is 1.25 bits per heavy atom. The molecule has 1 aromatic carbocycles.